The highest BCUT2D eigenvalue weighted by atomic mass is 16.5. The van der Waals surface area contributed by atoms with Gasteiger partial charge in [0.25, 0.3) is 0 Å². The fourth-order valence-corrected chi connectivity index (χ4v) is 2.14. The Morgan fingerprint density at radius 3 is 1.85 bits per heavy atom. The minimum Gasteiger partial charge on any atom is -0.489 e. The molecule has 6 nitrogen and oxygen atoms in total. The molecule has 140 valence electrons. The molecule has 0 spiro atoms. The van der Waals surface area contributed by atoms with E-state index in [0.29, 0.717) is 6.61 Å². The summed E-state index contributed by atoms with van der Waals surface area (Å²) in [6.45, 7) is 8.19. The van der Waals surface area contributed by atoms with Crippen molar-refractivity contribution < 1.29 is 24.5 Å². The highest BCUT2D eigenvalue weighted by molar-refractivity contribution is 6.27. The van der Waals surface area contributed by atoms with Crippen LogP contribution in [0.2, 0.25) is 0 Å². The van der Waals surface area contributed by atoms with Crippen molar-refractivity contribution in [1.82, 2.24) is 4.90 Å². The number of carboxylic acids is 2. The summed E-state index contributed by atoms with van der Waals surface area (Å²) < 4.78 is 5.79. The van der Waals surface area contributed by atoms with Crippen LogP contribution in [0, 0.1) is 0 Å². The Kier molecular flexibility index (Phi) is 9.49. The molecule has 0 saturated carbocycles. The van der Waals surface area contributed by atoms with Crippen molar-refractivity contribution in [1.29, 1.82) is 0 Å². The Morgan fingerprint density at radius 1 is 0.846 bits per heavy atom. The van der Waals surface area contributed by atoms with E-state index >= 15 is 0 Å². The molecule has 0 aromatic heterocycles. The molecule has 26 heavy (non-hydrogen) atoms. The number of ether oxygens (including phenoxy) is 1. The van der Waals surface area contributed by atoms with Gasteiger partial charge < -0.3 is 14.9 Å². The summed E-state index contributed by atoms with van der Waals surface area (Å²) in [6, 6.07) is 18.7. The largest absolute Gasteiger partial charge is 0.489 e. The molecule has 0 aliphatic rings. The van der Waals surface area contributed by atoms with E-state index in [1.165, 1.54) is 11.1 Å². The summed E-state index contributed by atoms with van der Waals surface area (Å²) in [6.07, 6.45) is 0. The quantitative estimate of drug-likeness (QED) is 0.738. The van der Waals surface area contributed by atoms with Gasteiger partial charge in [-0.15, -0.1) is 0 Å². The summed E-state index contributed by atoms with van der Waals surface area (Å²) in [5.74, 6) is -2.72. The Hall–Kier alpha value is -2.86. The van der Waals surface area contributed by atoms with Crippen molar-refractivity contribution in [3.05, 3.63) is 65.7 Å². The van der Waals surface area contributed by atoms with Gasteiger partial charge in [0.2, 0.25) is 0 Å². The third-order valence-electron chi connectivity index (χ3n) is 3.66. The maximum atomic E-state index is 9.10. The second-order valence-electron chi connectivity index (χ2n) is 5.49. The van der Waals surface area contributed by atoms with Crippen molar-refractivity contribution in [2.45, 2.75) is 27.0 Å². The van der Waals surface area contributed by atoms with Crippen LogP contribution < -0.4 is 4.74 Å². The maximum Gasteiger partial charge on any atom is 0.414 e. The van der Waals surface area contributed by atoms with Crippen LogP contribution in [0.15, 0.2) is 54.6 Å². The highest BCUT2D eigenvalue weighted by Gasteiger charge is 2.04. The summed E-state index contributed by atoms with van der Waals surface area (Å²) in [4.78, 5) is 20.6. The predicted octanol–water partition coefficient (Wildman–Crippen LogP) is 3.26. The molecule has 2 aromatic rings. The number of hydrogen-bond acceptors (Lipinski definition) is 4. The first-order valence-corrected chi connectivity index (χ1v) is 8.40. The van der Waals surface area contributed by atoms with E-state index in [-0.39, 0.29) is 0 Å². The highest BCUT2D eigenvalue weighted by Crippen LogP contribution is 2.15. The van der Waals surface area contributed by atoms with Crippen molar-refractivity contribution in [3.8, 4) is 5.75 Å². The molecule has 0 aliphatic heterocycles. The van der Waals surface area contributed by atoms with Crippen molar-refractivity contribution >= 4 is 11.9 Å². The monoisotopic (exact) mass is 359 g/mol. The summed E-state index contributed by atoms with van der Waals surface area (Å²) in [5, 5.41) is 14.8. The number of hydrogen-bond donors (Lipinski definition) is 2. The topological polar surface area (TPSA) is 87.1 Å². The number of carbonyl (C=O) groups is 2. The number of benzene rings is 2. The van der Waals surface area contributed by atoms with E-state index in [9.17, 15) is 0 Å². The van der Waals surface area contributed by atoms with Crippen LogP contribution in [0.4, 0.5) is 0 Å². The summed E-state index contributed by atoms with van der Waals surface area (Å²) >= 11 is 0. The first-order chi connectivity index (χ1) is 12.5. The molecule has 2 rings (SSSR count). The van der Waals surface area contributed by atoms with Gasteiger partial charge in [0, 0.05) is 6.54 Å². The van der Waals surface area contributed by atoms with Crippen LogP contribution >= 0.6 is 0 Å². The molecule has 0 amide bonds. The molecular formula is C20H25NO5. The van der Waals surface area contributed by atoms with E-state index in [0.717, 1.165) is 25.4 Å². The minimum absolute atomic E-state index is 0.621. The number of aliphatic carboxylic acids is 2. The fourth-order valence-electron chi connectivity index (χ4n) is 2.14. The number of nitrogens with zero attached hydrogens (tertiary/aromatic N) is 1. The Labute approximate surface area is 153 Å². The van der Waals surface area contributed by atoms with Crippen LogP contribution in [0.1, 0.15) is 25.0 Å². The molecule has 0 saturated heterocycles. The average Bonchev–Trinajstić information content (AvgIpc) is 2.66. The van der Waals surface area contributed by atoms with Gasteiger partial charge in [-0.2, -0.15) is 0 Å². The second kappa shape index (κ2) is 11.7. The summed E-state index contributed by atoms with van der Waals surface area (Å²) in [5.41, 5.74) is 2.53. The van der Waals surface area contributed by atoms with Gasteiger partial charge in [-0.25, -0.2) is 9.59 Å². The Balaban J connectivity index is 0.000000487. The van der Waals surface area contributed by atoms with Crippen molar-refractivity contribution in [2.24, 2.45) is 0 Å². The van der Waals surface area contributed by atoms with Crippen molar-refractivity contribution in [3.63, 3.8) is 0 Å². The lowest BCUT2D eigenvalue weighted by Gasteiger charge is -2.18. The lowest BCUT2D eigenvalue weighted by molar-refractivity contribution is -0.159. The SMILES string of the molecule is CCN(CC)Cc1ccc(OCc2ccccc2)cc1.O=C(O)C(=O)O. The van der Waals surface area contributed by atoms with Gasteiger partial charge in [-0.3, -0.25) is 4.90 Å². The minimum atomic E-state index is -1.82. The van der Waals surface area contributed by atoms with Gasteiger partial charge in [-0.1, -0.05) is 56.3 Å². The first-order valence-electron chi connectivity index (χ1n) is 8.40. The van der Waals surface area contributed by atoms with Crippen LogP contribution in [0.25, 0.3) is 0 Å². The molecule has 0 aliphatic carbocycles. The van der Waals surface area contributed by atoms with Crippen LogP contribution in [0.5, 0.6) is 5.75 Å². The van der Waals surface area contributed by atoms with E-state index in [1.54, 1.807) is 0 Å². The van der Waals surface area contributed by atoms with E-state index in [2.05, 4.69) is 55.1 Å². The number of carboxylic acid groups (broad SMARTS) is 2. The first kappa shape index (κ1) is 21.2. The lowest BCUT2D eigenvalue weighted by atomic mass is 10.2. The molecule has 0 heterocycles. The zero-order valence-corrected chi connectivity index (χ0v) is 15.1. The third kappa shape index (κ3) is 8.30. The summed E-state index contributed by atoms with van der Waals surface area (Å²) in [7, 11) is 0. The Morgan fingerprint density at radius 2 is 1.38 bits per heavy atom. The van der Waals surface area contributed by atoms with Gasteiger partial charge in [-0.05, 0) is 36.3 Å². The standard InChI is InChI=1S/C18H23NO.C2H2O4/c1-3-19(4-2)14-16-10-12-18(13-11-16)20-15-17-8-6-5-7-9-17;3-1(4)2(5)6/h5-13H,3-4,14-15H2,1-2H3;(H,3,4)(H,5,6). The smallest absolute Gasteiger partial charge is 0.414 e. The van der Waals surface area contributed by atoms with Crippen LogP contribution in [-0.2, 0) is 22.7 Å². The van der Waals surface area contributed by atoms with Gasteiger partial charge in [0.1, 0.15) is 12.4 Å². The van der Waals surface area contributed by atoms with E-state index < -0.39 is 11.9 Å². The molecule has 0 fully saturated rings. The second-order valence-corrected chi connectivity index (χ2v) is 5.49. The van der Waals surface area contributed by atoms with E-state index in [4.69, 9.17) is 24.5 Å². The fraction of sp³-hybridized carbons (Fsp3) is 0.300. The molecule has 0 radical (unpaired) electrons. The maximum absolute atomic E-state index is 9.10. The molecule has 6 heteroatoms. The van der Waals surface area contributed by atoms with Crippen LogP contribution in [-0.4, -0.2) is 40.1 Å². The molecule has 2 aromatic carbocycles. The molecule has 0 atom stereocenters. The van der Waals surface area contributed by atoms with E-state index in [1.807, 2.05) is 18.2 Å². The Bertz CT molecular complexity index is 654. The van der Waals surface area contributed by atoms with Gasteiger partial charge >= 0.3 is 11.9 Å². The van der Waals surface area contributed by atoms with Gasteiger partial charge in [0.05, 0.1) is 0 Å². The van der Waals surface area contributed by atoms with Crippen LogP contribution in [0.3, 0.4) is 0 Å². The molecule has 0 bridgehead atoms. The van der Waals surface area contributed by atoms with Crippen molar-refractivity contribution in [2.75, 3.05) is 13.1 Å². The predicted molar refractivity (Wildman–Crippen MR) is 99.1 cm³/mol. The molecular weight excluding hydrogens is 334 g/mol. The molecule has 0 unspecified atom stereocenters. The zero-order chi connectivity index (χ0) is 19.4. The lowest BCUT2D eigenvalue weighted by Crippen LogP contribution is -2.21. The average molecular weight is 359 g/mol. The normalized spacial score (nSPS) is 9.96. The zero-order valence-electron chi connectivity index (χ0n) is 15.1. The number of rotatable bonds is 7. The molecule has 2 N–H and O–H groups in total. The van der Waals surface area contributed by atoms with Gasteiger partial charge in [0.15, 0.2) is 0 Å². The third-order valence-corrected chi connectivity index (χ3v) is 3.66.